The Balaban J connectivity index is 1.64. The van der Waals surface area contributed by atoms with Crippen LogP contribution in [0.5, 0.6) is 0 Å². The highest BCUT2D eigenvalue weighted by molar-refractivity contribution is 5.87. The fraction of sp³-hybridized carbons (Fsp3) is 0.400. The lowest BCUT2D eigenvalue weighted by atomic mass is 10.1. The Kier molecular flexibility index (Phi) is 4.06. The fourth-order valence-corrected chi connectivity index (χ4v) is 2.80. The van der Waals surface area contributed by atoms with Crippen molar-refractivity contribution in [1.82, 2.24) is 20.4 Å². The van der Waals surface area contributed by atoms with E-state index >= 15 is 0 Å². The molecule has 0 bridgehead atoms. The molecule has 1 aliphatic heterocycles. The molecule has 2 aromatic rings. The number of benzene rings is 1. The summed E-state index contributed by atoms with van der Waals surface area (Å²) < 4.78 is 0. The SMILES string of the molecule is NC(=O)C1CNCCN1C(=O)CCc1ccc2[nH]ncc2c1. The minimum absolute atomic E-state index is 0.0300. The van der Waals surface area contributed by atoms with Gasteiger partial charge in [0.05, 0.1) is 11.7 Å². The van der Waals surface area contributed by atoms with Gasteiger partial charge in [-0.1, -0.05) is 6.07 Å². The third kappa shape index (κ3) is 2.94. The molecule has 0 radical (unpaired) electrons. The first-order valence-corrected chi connectivity index (χ1v) is 7.36. The summed E-state index contributed by atoms with van der Waals surface area (Å²) in [6.07, 6.45) is 2.77. The van der Waals surface area contributed by atoms with E-state index in [1.165, 1.54) is 0 Å². The molecule has 1 aliphatic rings. The maximum atomic E-state index is 12.4. The second-order valence-corrected chi connectivity index (χ2v) is 5.50. The molecule has 116 valence electrons. The van der Waals surface area contributed by atoms with Crippen LogP contribution in [0.15, 0.2) is 24.4 Å². The molecule has 2 heterocycles. The normalized spacial score (nSPS) is 18.5. The van der Waals surface area contributed by atoms with Gasteiger partial charge >= 0.3 is 0 Å². The Hall–Kier alpha value is -2.41. The van der Waals surface area contributed by atoms with Crippen molar-refractivity contribution >= 4 is 22.7 Å². The summed E-state index contributed by atoms with van der Waals surface area (Å²) in [6.45, 7) is 1.64. The van der Waals surface area contributed by atoms with Gasteiger partial charge in [-0.25, -0.2) is 0 Å². The molecule has 0 spiro atoms. The fourth-order valence-electron chi connectivity index (χ4n) is 2.80. The number of aryl methyl sites for hydroxylation is 1. The molecule has 1 fully saturated rings. The highest BCUT2D eigenvalue weighted by Gasteiger charge is 2.29. The Morgan fingerprint density at radius 3 is 3.09 bits per heavy atom. The van der Waals surface area contributed by atoms with E-state index in [9.17, 15) is 9.59 Å². The smallest absolute Gasteiger partial charge is 0.241 e. The maximum absolute atomic E-state index is 12.4. The van der Waals surface area contributed by atoms with E-state index in [1.54, 1.807) is 11.1 Å². The number of nitrogens with two attached hydrogens (primary N) is 1. The average Bonchev–Trinajstić information content (AvgIpc) is 3.00. The molecule has 1 atom stereocenters. The van der Waals surface area contributed by atoms with Gasteiger partial charge in [-0.3, -0.25) is 14.7 Å². The molecular weight excluding hydrogens is 282 g/mol. The van der Waals surface area contributed by atoms with Crippen LogP contribution in [0.3, 0.4) is 0 Å². The standard InChI is InChI=1S/C15H19N5O2/c16-15(22)13-9-17-5-6-20(13)14(21)4-2-10-1-3-12-11(7-10)8-18-19-12/h1,3,7-8,13,17H,2,4-6,9H2,(H2,16,22)(H,18,19). The van der Waals surface area contributed by atoms with Crippen molar-refractivity contribution in [3.63, 3.8) is 0 Å². The molecule has 1 saturated heterocycles. The van der Waals surface area contributed by atoms with E-state index in [-0.39, 0.29) is 5.91 Å². The molecule has 1 aromatic heterocycles. The summed E-state index contributed by atoms with van der Waals surface area (Å²) >= 11 is 0. The first-order chi connectivity index (χ1) is 10.6. The molecule has 7 heteroatoms. The zero-order valence-corrected chi connectivity index (χ0v) is 12.2. The van der Waals surface area contributed by atoms with Crippen molar-refractivity contribution in [2.24, 2.45) is 5.73 Å². The molecule has 7 nitrogen and oxygen atoms in total. The van der Waals surface area contributed by atoms with Crippen LogP contribution in [0.2, 0.25) is 0 Å². The average molecular weight is 301 g/mol. The van der Waals surface area contributed by atoms with E-state index in [2.05, 4.69) is 15.5 Å². The summed E-state index contributed by atoms with van der Waals surface area (Å²) in [4.78, 5) is 25.4. The number of hydrogen-bond donors (Lipinski definition) is 3. The van der Waals surface area contributed by atoms with Crippen molar-refractivity contribution < 1.29 is 9.59 Å². The molecule has 3 rings (SSSR count). The molecular formula is C15H19N5O2. The van der Waals surface area contributed by atoms with Crippen molar-refractivity contribution in [3.05, 3.63) is 30.0 Å². The molecule has 0 aliphatic carbocycles. The summed E-state index contributed by atoms with van der Waals surface area (Å²) in [5.41, 5.74) is 7.42. The van der Waals surface area contributed by atoms with Crippen LogP contribution in [0, 0.1) is 0 Å². The number of fused-ring (bicyclic) bond motifs is 1. The lowest BCUT2D eigenvalue weighted by Gasteiger charge is -2.34. The van der Waals surface area contributed by atoms with Crippen LogP contribution in [0.4, 0.5) is 0 Å². The van der Waals surface area contributed by atoms with Gasteiger partial charge in [0.2, 0.25) is 11.8 Å². The van der Waals surface area contributed by atoms with Crippen LogP contribution in [-0.2, 0) is 16.0 Å². The third-order valence-corrected chi connectivity index (χ3v) is 4.02. The number of nitrogens with zero attached hydrogens (tertiary/aromatic N) is 2. The number of rotatable bonds is 4. The first-order valence-electron chi connectivity index (χ1n) is 7.36. The summed E-state index contributed by atoms with van der Waals surface area (Å²) in [7, 11) is 0. The first kappa shape index (κ1) is 14.5. The molecule has 2 amide bonds. The second kappa shape index (κ2) is 6.15. The number of carbonyl (C=O) groups excluding carboxylic acids is 2. The predicted molar refractivity (Wildman–Crippen MR) is 82.0 cm³/mol. The molecule has 1 unspecified atom stereocenters. The van der Waals surface area contributed by atoms with E-state index in [4.69, 9.17) is 5.73 Å². The van der Waals surface area contributed by atoms with Gasteiger partial charge < -0.3 is 16.0 Å². The minimum atomic E-state index is -0.544. The van der Waals surface area contributed by atoms with Gasteiger partial charge in [-0.2, -0.15) is 5.10 Å². The molecule has 1 aromatic carbocycles. The van der Waals surface area contributed by atoms with Gasteiger partial charge in [0.25, 0.3) is 0 Å². The van der Waals surface area contributed by atoms with Gasteiger partial charge in [-0.05, 0) is 24.1 Å². The van der Waals surface area contributed by atoms with Gasteiger partial charge in [0.15, 0.2) is 0 Å². The van der Waals surface area contributed by atoms with Gasteiger partial charge in [0.1, 0.15) is 6.04 Å². The van der Waals surface area contributed by atoms with E-state index < -0.39 is 11.9 Å². The minimum Gasteiger partial charge on any atom is -0.368 e. The third-order valence-electron chi connectivity index (χ3n) is 4.02. The van der Waals surface area contributed by atoms with E-state index in [0.29, 0.717) is 32.5 Å². The quantitative estimate of drug-likeness (QED) is 0.726. The summed E-state index contributed by atoms with van der Waals surface area (Å²) in [5, 5.41) is 11.0. The Bertz CT molecular complexity index is 696. The molecule has 4 N–H and O–H groups in total. The van der Waals surface area contributed by atoms with E-state index in [0.717, 1.165) is 16.5 Å². The Morgan fingerprint density at radius 2 is 2.27 bits per heavy atom. The van der Waals surface area contributed by atoms with Crippen molar-refractivity contribution in [1.29, 1.82) is 0 Å². The maximum Gasteiger partial charge on any atom is 0.241 e. The number of primary amides is 1. The van der Waals surface area contributed by atoms with Crippen LogP contribution in [0.25, 0.3) is 10.9 Å². The van der Waals surface area contributed by atoms with Gasteiger partial charge in [-0.15, -0.1) is 0 Å². The highest BCUT2D eigenvalue weighted by atomic mass is 16.2. The van der Waals surface area contributed by atoms with E-state index in [1.807, 2.05) is 18.2 Å². The van der Waals surface area contributed by atoms with Crippen LogP contribution in [0.1, 0.15) is 12.0 Å². The topological polar surface area (TPSA) is 104 Å². The molecule has 22 heavy (non-hydrogen) atoms. The zero-order valence-electron chi connectivity index (χ0n) is 12.2. The number of amides is 2. The monoisotopic (exact) mass is 301 g/mol. The van der Waals surface area contributed by atoms with Crippen LogP contribution in [-0.4, -0.2) is 52.6 Å². The number of piperazine rings is 1. The number of H-pyrrole nitrogens is 1. The van der Waals surface area contributed by atoms with Crippen molar-refractivity contribution in [2.75, 3.05) is 19.6 Å². The van der Waals surface area contributed by atoms with Crippen LogP contribution >= 0.6 is 0 Å². The lowest BCUT2D eigenvalue weighted by Crippen LogP contribution is -2.58. The summed E-state index contributed by atoms with van der Waals surface area (Å²) in [5.74, 6) is -0.488. The Morgan fingerprint density at radius 1 is 1.41 bits per heavy atom. The summed E-state index contributed by atoms with van der Waals surface area (Å²) in [6, 6.07) is 5.42. The van der Waals surface area contributed by atoms with Crippen molar-refractivity contribution in [2.45, 2.75) is 18.9 Å². The lowest BCUT2D eigenvalue weighted by molar-refractivity contribution is -0.140. The number of aromatic nitrogens is 2. The number of aromatic amines is 1. The number of carbonyl (C=O) groups is 2. The highest BCUT2D eigenvalue weighted by Crippen LogP contribution is 2.15. The number of nitrogens with one attached hydrogen (secondary N) is 2. The zero-order chi connectivity index (χ0) is 15.5. The van der Waals surface area contributed by atoms with Crippen molar-refractivity contribution in [3.8, 4) is 0 Å². The number of hydrogen-bond acceptors (Lipinski definition) is 4. The largest absolute Gasteiger partial charge is 0.368 e. The van der Waals surface area contributed by atoms with Gasteiger partial charge in [0, 0.05) is 31.4 Å². The molecule has 0 saturated carbocycles. The predicted octanol–water partition coefficient (Wildman–Crippen LogP) is -0.219. The Labute approximate surface area is 127 Å². The van der Waals surface area contributed by atoms with Crippen LogP contribution < -0.4 is 11.1 Å². The second-order valence-electron chi connectivity index (χ2n) is 5.50.